The molecule has 0 aromatic carbocycles. The minimum atomic E-state index is -3.53. The van der Waals surface area contributed by atoms with E-state index in [1.54, 1.807) is 61.7 Å². The van der Waals surface area contributed by atoms with Gasteiger partial charge in [0.25, 0.3) is 0 Å². The number of rotatable bonds is 9. The number of aromatic nitrogens is 6. The molecule has 0 spiro atoms. The molecule has 0 unspecified atom stereocenters. The third-order valence-corrected chi connectivity index (χ3v) is 11.6. The summed E-state index contributed by atoms with van der Waals surface area (Å²) in [6.07, 6.45) is 5.37. The quantitative estimate of drug-likeness (QED) is 0.241. The highest BCUT2D eigenvalue weighted by Gasteiger charge is 2.29. The predicted molar refractivity (Wildman–Crippen MR) is 175 cm³/mol. The Kier molecular flexibility index (Phi) is 11.1. The van der Waals surface area contributed by atoms with Crippen LogP contribution in [0, 0.1) is 11.3 Å². The zero-order chi connectivity index (χ0) is 34.6. The first kappa shape index (κ1) is 35.7. The number of pyridine rings is 2. The highest BCUT2D eigenvalue weighted by molar-refractivity contribution is 9.10. The van der Waals surface area contributed by atoms with Crippen LogP contribution in [0.15, 0.2) is 51.2 Å². The second kappa shape index (κ2) is 14.9. The van der Waals surface area contributed by atoms with E-state index in [9.17, 15) is 16.8 Å². The molecule has 0 N–H and O–H groups in total. The predicted octanol–water partition coefficient (Wildman–Crippen LogP) is 3.47. The molecular formula is C30H34BrN7O8S2. The first-order chi connectivity index (χ1) is 22.9. The van der Waals surface area contributed by atoms with E-state index >= 15 is 0 Å². The van der Waals surface area contributed by atoms with E-state index in [-0.39, 0.29) is 33.4 Å². The first-order valence-electron chi connectivity index (χ1n) is 14.9. The summed E-state index contributed by atoms with van der Waals surface area (Å²) in [7, 11) is -3.42. The lowest BCUT2D eigenvalue weighted by molar-refractivity contribution is -0.0493. The fourth-order valence-corrected chi connectivity index (χ4v) is 7.62. The van der Waals surface area contributed by atoms with Gasteiger partial charge in [-0.15, -0.1) is 0 Å². The maximum absolute atomic E-state index is 12.5. The molecule has 48 heavy (non-hydrogen) atoms. The molecule has 0 amide bonds. The highest BCUT2D eigenvalue weighted by Crippen LogP contribution is 2.32. The fourth-order valence-electron chi connectivity index (χ4n) is 5.00. The van der Waals surface area contributed by atoms with E-state index in [1.807, 2.05) is 6.07 Å². The molecule has 6 heterocycles. The lowest BCUT2D eigenvalue weighted by Gasteiger charge is -2.13. The molecule has 0 aliphatic carbocycles. The number of nitriles is 1. The van der Waals surface area contributed by atoms with Crippen molar-refractivity contribution in [3.63, 3.8) is 0 Å². The van der Waals surface area contributed by atoms with Gasteiger partial charge in [0.1, 0.15) is 11.4 Å². The summed E-state index contributed by atoms with van der Waals surface area (Å²) in [4.78, 5) is 17.5. The van der Waals surface area contributed by atoms with Gasteiger partial charge in [0.15, 0.2) is 31.3 Å². The second-order valence-electron chi connectivity index (χ2n) is 10.6. The molecule has 4 aromatic rings. The molecule has 0 radical (unpaired) electrons. The van der Waals surface area contributed by atoms with E-state index in [0.29, 0.717) is 59.5 Å². The van der Waals surface area contributed by atoms with Crippen LogP contribution < -0.4 is 0 Å². The third-order valence-electron chi connectivity index (χ3n) is 7.64. The van der Waals surface area contributed by atoms with E-state index < -0.39 is 32.3 Å². The summed E-state index contributed by atoms with van der Waals surface area (Å²) in [6, 6.07) is 5.06. The SMILES string of the molecule is CCS(=O)(=O)c1cc(Br)cnc1-c1ncc(C2OCCO2)n1C.CCS(=O)(=O)c1cc(CC#N)cnc1-c1ncc(C2OCCO2)n1C. The molecule has 18 heteroatoms. The lowest BCUT2D eigenvalue weighted by atomic mass is 10.2. The number of hydrogen-bond donors (Lipinski definition) is 0. The Morgan fingerprint density at radius 1 is 0.750 bits per heavy atom. The van der Waals surface area contributed by atoms with Gasteiger partial charge in [-0.05, 0) is 33.6 Å². The van der Waals surface area contributed by atoms with Crippen molar-refractivity contribution in [2.45, 2.75) is 42.6 Å². The van der Waals surface area contributed by atoms with E-state index in [1.165, 1.54) is 12.3 Å². The summed E-state index contributed by atoms with van der Waals surface area (Å²) in [6.45, 7) is 5.22. The normalized spacial score (nSPS) is 15.8. The Labute approximate surface area is 286 Å². The Bertz CT molecular complexity index is 2050. The van der Waals surface area contributed by atoms with Crippen LogP contribution in [0.3, 0.4) is 0 Å². The molecule has 15 nitrogen and oxygen atoms in total. The van der Waals surface area contributed by atoms with E-state index in [0.717, 1.165) is 5.69 Å². The Hall–Kier alpha value is -3.57. The van der Waals surface area contributed by atoms with Crippen LogP contribution in [0.2, 0.25) is 0 Å². The van der Waals surface area contributed by atoms with E-state index in [2.05, 4.69) is 35.9 Å². The molecule has 2 saturated heterocycles. The van der Waals surface area contributed by atoms with Crippen molar-refractivity contribution in [2.24, 2.45) is 14.1 Å². The van der Waals surface area contributed by atoms with Crippen LogP contribution in [0.25, 0.3) is 23.0 Å². The standard InChI is InChI=1S/C16H18N4O4S.C14H16BrN3O4S/c1-3-25(21,22)13-8-11(4-5-17)9-18-14(13)15-19-10-12(20(15)2)16-23-6-7-24-16;1-3-23(19,20)11-6-9(15)7-16-12(11)13-17-8-10(18(13)2)14-21-4-5-22-14/h8-10,16H,3-4,6-7H2,1-2H3;6-8,14H,3-5H2,1-2H3. The topological polar surface area (TPSA) is 190 Å². The molecular weight excluding hydrogens is 730 g/mol. The smallest absolute Gasteiger partial charge is 0.200 e. The van der Waals surface area contributed by atoms with Crippen molar-refractivity contribution >= 4 is 35.6 Å². The van der Waals surface area contributed by atoms with Crippen molar-refractivity contribution in [1.82, 2.24) is 29.1 Å². The minimum absolute atomic E-state index is 0.00966. The molecule has 2 aliphatic heterocycles. The van der Waals surface area contributed by atoms with Crippen molar-refractivity contribution in [2.75, 3.05) is 37.9 Å². The first-order valence-corrected chi connectivity index (χ1v) is 19.0. The van der Waals surface area contributed by atoms with Gasteiger partial charge in [0, 0.05) is 31.0 Å². The number of halogens is 1. The van der Waals surface area contributed by atoms with Gasteiger partial charge in [0.05, 0.1) is 84.0 Å². The molecule has 256 valence electrons. The van der Waals surface area contributed by atoms with Crippen LogP contribution in [0.5, 0.6) is 0 Å². The van der Waals surface area contributed by atoms with Gasteiger partial charge < -0.3 is 28.1 Å². The summed E-state index contributed by atoms with van der Waals surface area (Å²) < 4.78 is 75.8. The maximum Gasteiger partial charge on any atom is 0.200 e. The number of imidazole rings is 2. The third kappa shape index (κ3) is 7.37. The fraction of sp³-hybridized carbons (Fsp3) is 0.433. The molecule has 0 saturated carbocycles. The molecule has 2 fully saturated rings. The van der Waals surface area contributed by atoms with Gasteiger partial charge in [-0.3, -0.25) is 9.97 Å². The van der Waals surface area contributed by atoms with Gasteiger partial charge >= 0.3 is 0 Å². The van der Waals surface area contributed by atoms with E-state index in [4.69, 9.17) is 24.2 Å². The average molecular weight is 765 g/mol. The monoisotopic (exact) mass is 763 g/mol. The molecule has 4 aromatic heterocycles. The van der Waals surface area contributed by atoms with Crippen LogP contribution >= 0.6 is 15.9 Å². The molecule has 0 atom stereocenters. The maximum atomic E-state index is 12.5. The van der Waals surface area contributed by atoms with Crippen molar-refractivity contribution in [3.05, 3.63) is 58.3 Å². The van der Waals surface area contributed by atoms with Crippen LogP contribution in [-0.4, -0.2) is 83.8 Å². The average Bonchev–Trinajstić information content (AvgIpc) is 3.90. The number of hydrogen-bond acceptors (Lipinski definition) is 13. The van der Waals surface area contributed by atoms with Gasteiger partial charge in [-0.25, -0.2) is 26.8 Å². The zero-order valence-corrected chi connectivity index (χ0v) is 29.9. The Balaban J connectivity index is 0.000000188. The van der Waals surface area contributed by atoms with Gasteiger partial charge in [-0.1, -0.05) is 13.8 Å². The number of ether oxygens (including phenoxy) is 4. The van der Waals surface area contributed by atoms with Crippen LogP contribution in [-0.2, 0) is 59.1 Å². The Morgan fingerprint density at radius 2 is 1.19 bits per heavy atom. The van der Waals surface area contributed by atoms with Gasteiger partial charge in [0.2, 0.25) is 12.6 Å². The summed E-state index contributed by atoms with van der Waals surface area (Å²) in [5, 5.41) is 8.85. The van der Waals surface area contributed by atoms with Crippen LogP contribution in [0.4, 0.5) is 0 Å². The molecule has 0 bridgehead atoms. The summed E-state index contributed by atoms with van der Waals surface area (Å²) in [5.74, 6) is 0.789. The largest absolute Gasteiger partial charge is 0.345 e. The molecule has 6 rings (SSSR count). The van der Waals surface area contributed by atoms with Crippen molar-refractivity contribution in [1.29, 1.82) is 5.26 Å². The minimum Gasteiger partial charge on any atom is -0.345 e. The van der Waals surface area contributed by atoms with Crippen molar-refractivity contribution in [3.8, 4) is 29.1 Å². The number of sulfone groups is 2. The lowest BCUT2D eigenvalue weighted by Crippen LogP contribution is -2.11. The summed E-state index contributed by atoms with van der Waals surface area (Å²) >= 11 is 3.27. The Morgan fingerprint density at radius 3 is 1.62 bits per heavy atom. The van der Waals surface area contributed by atoms with Crippen molar-refractivity contribution < 1.29 is 35.8 Å². The van der Waals surface area contributed by atoms with Gasteiger partial charge in [-0.2, -0.15) is 5.26 Å². The second-order valence-corrected chi connectivity index (χ2v) is 16.0. The van der Waals surface area contributed by atoms with Crippen LogP contribution in [0.1, 0.15) is 43.4 Å². The summed E-state index contributed by atoms with van der Waals surface area (Å²) in [5.41, 5.74) is 2.55. The highest BCUT2D eigenvalue weighted by atomic mass is 79.9. The zero-order valence-electron chi connectivity index (χ0n) is 26.7. The molecule has 2 aliphatic rings. The number of nitrogens with zero attached hydrogens (tertiary/aromatic N) is 7.